The van der Waals surface area contributed by atoms with Crippen molar-refractivity contribution in [2.24, 2.45) is 0 Å². The SMILES string of the molecule is CCOC(=O)NS(=O)(=O)N1CCCC[C@@H]1C(=O)OC. The second-order valence-electron chi connectivity index (χ2n) is 3.97. The zero-order chi connectivity index (χ0) is 14.5. The number of piperidine rings is 1. The van der Waals surface area contributed by atoms with E-state index in [1.807, 2.05) is 0 Å². The molecule has 1 amide bonds. The van der Waals surface area contributed by atoms with Gasteiger partial charge in [0.1, 0.15) is 6.04 Å². The van der Waals surface area contributed by atoms with Crippen molar-refractivity contribution in [1.82, 2.24) is 9.03 Å². The molecule has 1 heterocycles. The number of nitrogens with zero attached hydrogens (tertiary/aromatic N) is 1. The molecule has 0 radical (unpaired) electrons. The van der Waals surface area contributed by atoms with E-state index in [1.165, 1.54) is 7.11 Å². The number of nitrogens with one attached hydrogen (secondary N) is 1. The maximum Gasteiger partial charge on any atom is 0.421 e. The van der Waals surface area contributed by atoms with E-state index < -0.39 is 28.3 Å². The second-order valence-corrected chi connectivity index (χ2v) is 5.60. The normalized spacial score (nSPS) is 20.6. The minimum absolute atomic E-state index is 0.0573. The molecule has 0 aromatic heterocycles. The van der Waals surface area contributed by atoms with E-state index >= 15 is 0 Å². The van der Waals surface area contributed by atoms with Gasteiger partial charge in [0.15, 0.2) is 0 Å². The van der Waals surface area contributed by atoms with Gasteiger partial charge >= 0.3 is 22.3 Å². The number of ether oxygens (including phenoxy) is 2. The first-order valence-corrected chi connectivity index (χ1v) is 7.40. The first-order chi connectivity index (χ1) is 8.92. The molecule has 1 rings (SSSR count). The summed E-state index contributed by atoms with van der Waals surface area (Å²) in [5, 5.41) is 0. The van der Waals surface area contributed by atoms with Crippen LogP contribution in [0.4, 0.5) is 4.79 Å². The van der Waals surface area contributed by atoms with Crippen LogP contribution in [0.2, 0.25) is 0 Å². The zero-order valence-corrected chi connectivity index (χ0v) is 11.7. The van der Waals surface area contributed by atoms with Crippen LogP contribution in [0, 0.1) is 0 Å². The number of carbonyl (C=O) groups excluding carboxylic acids is 2. The lowest BCUT2D eigenvalue weighted by Crippen LogP contribution is -2.53. The van der Waals surface area contributed by atoms with Crippen LogP contribution < -0.4 is 4.72 Å². The van der Waals surface area contributed by atoms with Gasteiger partial charge in [0.2, 0.25) is 0 Å². The monoisotopic (exact) mass is 294 g/mol. The van der Waals surface area contributed by atoms with Crippen LogP contribution in [0.5, 0.6) is 0 Å². The van der Waals surface area contributed by atoms with Gasteiger partial charge in [-0.3, -0.25) is 4.79 Å². The van der Waals surface area contributed by atoms with Gasteiger partial charge in [-0.25, -0.2) is 9.52 Å². The molecule has 1 aliphatic rings. The molecule has 0 aromatic carbocycles. The predicted molar refractivity (Wildman–Crippen MR) is 65.4 cm³/mol. The average Bonchev–Trinajstić information content (AvgIpc) is 2.37. The van der Waals surface area contributed by atoms with Crippen LogP contribution in [0.25, 0.3) is 0 Å². The fourth-order valence-corrected chi connectivity index (χ4v) is 3.17. The number of methoxy groups -OCH3 is 1. The van der Waals surface area contributed by atoms with Crippen molar-refractivity contribution in [3.05, 3.63) is 0 Å². The van der Waals surface area contributed by atoms with Crippen LogP contribution in [-0.2, 0) is 24.5 Å². The molecule has 1 atom stereocenters. The summed E-state index contributed by atoms with van der Waals surface area (Å²) in [6.07, 6.45) is 0.662. The summed E-state index contributed by atoms with van der Waals surface area (Å²) in [4.78, 5) is 22.8. The summed E-state index contributed by atoms with van der Waals surface area (Å²) in [6.45, 7) is 1.78. The second kappa shape index (κ2) is 6.71. The fraction of sp³-hybridized carbons (Fsp3) is 0.800. The van der Waals surface area contributed by atoms with Crippen molar-refractivity contribution in [3.63, 3.8) is 0 Å². The molecule has 110 valence electrons. The maximum atomic E-state index is 12.0. The van der Waals surface area contributed by atoms with E-state index in [-0.39, 0.29) is 13.2 Å². The summed E-state index contributed by atoms with van der Waals surface area (Å²) in [6, 6.07) is -0.898. The Bertz CT molecular complexity index is 435. The fourth-order valence-electron chi connectivity index (χ4n) is 1.89. The molecule has 0 spiro atoms. The molecule has 9 heteroatoms. The lowest BCUT2D eigenvalue weighted by molar-refractivity contribution is -0.146. The standard InChI is InChI=1S/C10H18N2O6S/c1-3-18-10(14)11-19(15,16)12-7-5-4-6-8(12)9(13)17-2/h8H,3-7H2,1-2H3,(H,11,14)/t8-/m1/s1. The van der Waals surface area contributed by atoms with Gasteiger partial charge in [-0.15, -0.1) is 0 Å². The number of hydrogen-bond donors (Lipinski definition) is 1. The van der Waals surface area contributed by atoms with Crippen molar-refractivity contribution in [2.45, 2.75) is 32.2 Å². The topological polar surface area (TPSA) is 102 Å². The van der Waals surface area contributed by atoms with Crippen LogP contribution in [-0.4, -0.2) is 51.1 Å². The number of hydrogen-bond acceptors (Lipinski definition) is 6. The van der Waals surface area contributed by atoms with Crippen LogP contribution in [0.3, 0.4) is 0 Å². The summed E-state index contributed by atoms with van der Waals surface area (Å²) in [5.41, 5.74) is 0. The molecular weight excluding hydrogens is 276 g/mol. The molecule has 0 unspecified atom stereocenters. The Morgan fingerprint density at radius 3 is 2.63 bits per heavy atom. The van der Waals surface area contributed by atoms with Gasteiger partial charge < -0.3 is 9.47 Å². The molecule has 8 nitrogen and oxygen atoms in total. The molecule has 0 aliphatic carbocycles. The highest BCUT2D eigenvalue weighted by atomic mass is 32.2. The molecular formula is C10H18N2O6S. The van der Waals surface area contributed by atoms with Gasteiger partial charge in [0, 0.05) is 6.54 Å². The number of carbonyl (C=O) groups is 2. The van der Waals surface area contributed by atoms with E-state index in [9.17, 15) is 18.0 Å². The quantitative estimate of drug-likeness (QED) is 0.732. The van der Waals surface area contributed by atoms with Gasteiger partial charge in [0.05, 0.1) is 13.7 Å². The Balaban J connectivity index is 2.84. The number of rotatable bonds is 4. The summed E-state index contributed by atoms with van der Waals surface area (Å²) >= 11 is 0. The third-order valence-electron chi connectivity index (χ3n) is 2.72. The van der Waals surface area contributed by atoms with E-state index in [0.717, 1.165) is 10.7 Å². The zero-order valence-electron chi connectivity index (χ0n) is 10.9. The molecule has 1 saturated heterocycles. The number of amides is 1. The largest absolute Gasteiger partial charge is 0.468 e. The van der Waals surface area contributed by atoms with Crippen molar-refractivity contribution >= 4 is 22.3 Å². The average molecular weight is 294 g/mol. The highest BCUT2D eigenvalue weighted by Crippen LogP contribution is 2.20. The molecule has 1 aliphatic heterocycles. The number of esters is 1. The third-order valence-corrected chi connectivity index (χ3v) is 4.20. The molecule has 19 heavy (non-hydrogen) atoms. The van der Waals surface area contributed by atoms with Crippen LogP contribution in [0.15, 0.2) is 0 Å². The lowest BCUT2D eigenvalue weighted by Gasteiger charge is -2.32. The van der Waals surface area contributed by atoms with Crippen molar-refractivity contribution < 1.29 is 27.5 Å². The van der Waals surface area contributed by atoms with Crippen molar-refractivity contribution in [2.75, 3.05) is 20.3 Å². The molecule has 1 fully saturated rings. The Morgan fingerprint density at radius 2 is 2.05 bits per heavy atom. The van der Waals surface area contributed by atoms with E-state index in [1.54, 1.807) is 11.6 Å². The van der Waals surface area contributed by atoms with E-state index in [4.69, 9.17) is 0 Å². The Morgan fingerprint density at radius 1 is 1.37 bits per heavy atom. The van der Waals surface area contributed by atoms with E-state index in [0.29, 0.717) is 12.8 Å². The summed E-state index contributed by atoms with van der Waals surface area (Å²) in [7, 11) is -2.91. The van der Waals surface area contributed by atoms with Gasteiger partial charge in [-0.05, 0) is 26.2 Å². The third kappa shape index (κ3) is 4.06. The van der Waals surface area contributed by atoms with Crippen LogP contribution >= 0.6 is 0 Å². The maximum absolute atomic E-state index is 12.0. The van der Waals surface area contributed by atoms with Gasteiger partial charge in [-0.1, -0.05) is 0 Å². The smallest absolute Gasteiger partial charge is 0.421 e. The van der Waals surface area contributed by atoms with Crippen molar-refractivity contribution in [1.29, 1.82) is 0 Å². The predicted octanol–water partition coefficient (Wildman–Crippen LogP) is 0.00480. The Kier molecular flexibility index (Phi) is 5.55. The Labute approximate surface area is 112 Å². The van der Waals surface area contributed by atoms with Gasteiger partial charge in [-0.2, -0.15) is 12.7 Å². The van der Waals surface area contributed by atoms with Crippen molar-refractivity contribution in [3.8, 4) is 0 Å². The first-order valence-electron chi connectivity index (χ1n) is 5.96. The molecule has 0 aromatic rings. The summed E-state index contributed by atoms with van der Waals surface area (Å²) in [5.74, 6) is -0.631. The molecule has 0 saturated carbocycles. The van der Waals surface area contributed by atoms with Gasteiger partial charge in [0.25, 0.3) is 0 Å². The molecule has 0 bridgehead atoms. The highest BCUT2D eigenvalue weighted by molar-refractivity contribution is 7.87. The minimum atomic E-state index is -4.10. The molecule has 1 N–H and O–H groups in total. The highest BCUT2D eigenvalue weighted by Gasteiger charge is 2.38. The van der Waals surface area contributed by atoms with Crippen LogP contribution in [0.1, 0.15) is 26.2 Å². The first kappa shape index (κ1) is 15.7. The lowest BCUT2D eigenvalue weighted by atomic mass is 10.1. The Hall–Kier alpha value is -1.35. The van der Waals surface area contributed by atoms with E-state index in [2.05, 4.69) is 9.47 Å². The minimum Gasteiger partial charge on any atom is -0.468 e. The summed E-state index contributed by atoms with van der Waals surface area (Å²) < 4.78 is 35.8.